The summed E-state index contributed by atoms with van der Waals surface area (Å²) in [6.45, 7) is 4.19. The Balaban J connectivity index is 0.000000292. The number of hydrogen-bond donors (Lipinski definition) is 1. The van der Waals surface area contributed by atoms with E-state index in [0.29, 0.717) is 0 Å². The van der Waals surface area contributed by atoms with Crippen molar-refractivity contribution >= 4 is 17.4 Å². The number of thiocarbonyl (C=S) groups is 1. The number of aryl methyl sites for hydroxylation is 2. The molecule has 0 amide bonds. The molecule has 0 aliphatic rings. The van der Waals surface area contributed by atoms with E-state index in [1.807, 2.05) is 0 Å². The van der Waals surface area contributed by atoms with Crippen molar-refractivity contribution in [3.63, 3.8) is 0 Å². The molecule has 0 aliphatic carbocycles. The second kappa shape index (κ2) is 5.78. The molecule has 2 heteroatoms. The lowest BCUT2D eigenvalue weighted by Gasteiger charge is -1.90. The topological polar surface area (TPSA) is 23.9 Å². The largest absolute Gasteiger partial charge is 0.248 e. The summed E-state index contributed by atoms with van der Waals surface area (Å²) in [5.41, 5.74) is 2.66. The first-order chi connectivity index (χ1) is 5.20. The van der Waals surface area contributed by atoms with Crippen LogP contribution in [0.5, 0.6) is 0 Å². The Labute approximate surface area is 72.6 Å². The van der Waals surface area contributed by atoms with Gasteiger partial charge in [0.15, 0.2) is 0 Å². The van der Waals surface area contributed by atoms with Crippen molar-refractivity contribution < 1.29 is 0 Å². The molecule has 0 saturated carbocycles. The van der Waals surface area contributed by atoms with Crippen LogP contribution in [0.25, 0.3) is 0 Å². The molecule has 11 heavy (non-hydrogen) atoms. The van der Waals surface area contributed by atoms with Crippen molar-refractivity contribution in [1.82, 2.24) is 0 Å². The van der Waals surface area contributed by atoms with Crippen molar-refractivity contribution in [2.75, 3.05) is 0 Å². The standard InChI is InChI=1S/C8H10.CHNS/c1-7-3-5-8(2)6-4-7;2-1-3/h3-6H,1-2H3;2H. The molecule has 0 unspecified atom stereocenters. The summed E-state index contributed by atoms with van der Waals surface area (Å²) in [5, 5.41) is 7.36. The number of hydrogen-bond acceptors (Lipinski definition) is 2. The van der Waals surface area contributed by atoms with E-state index in [4.69, 9.17) is 5.41 Å². The lowest BCUT2D eigenvalue weighted by atomic mass is 10.2. The summed E-state index contributed by atoms with van der Waals surface area (Å²) in [7, 11) is 0. The highest BCUT2D eigenvalue weighted by molar-refractivity contribution is 7.78. The van der Waals surface area contributed by atoms with Crippen LogP contribution in [0.4, 0.5) is 0 Å². The van der Waals surface area contributed by atoms with Gasteiger partial charge in [0.1, 0.15) is 0 Å². The smallest absolute Gasteiger partial charge is 0.0554 e. The molecule has 0 spiro atoms. The van der Waals surface area contributed by atoms with Crippen LogP contribution in [0.2, 0.25) is 0 Å². The second-order valence-electron chi connectivity index (χ2n) is 2.26. The number of rotatable bonds is 0. The maximum Gasteiger partial charge on any atom is 0.0554 e. The first kappa shape index (κ1) is 10.0. The van der Waals surface area contributed by atoms with Crippen LogP contribution >= 0.6 is 12.2 Å². The Morgan fingerprint density at radius 1 is 1.09 bits per heavy atom. The summed E-state index contributed by atoms with van der Waals surface area (Å²) < 4.78 is 0. The lowest BCUT2D eigenvalue weighted by molar-refractivity contribution is 1.40. The zero-order valence-corrected chi connectivity index (χ0v) is 7.53. The van der Waals surface area contributed by atoms with Crippen molar-refractivity contribution in [2.45, 2.75) is 13.8 Å². The first-order valence-corrected chi connectivity index (χ1v) is 3.68. The van der Waals surface area contributed by atoms with E-state index >= 15 is 0 Å². The minimum absolute atomic E-state index is 1.33. The summed E-state index contributed by atoms with van der Waals surface area (Å²) in [4.78, 5) is 0. The molecule has 0 fully saturated rings. The fraction of sp³-hybridized carbons (Fsp3) is 0.222. The van der Waals surface area contributed by atoms with Crippen molar-refractivity contribution in [1.29, 1.82) is 5.41 Å². The van der Waals surface area contributed by atoms with E-state index in [-0.39, 0.29) is 0 Å². The average Bonchev–Trinajstić information content (AvgIpc) is 1.97. The van der Waals surface area contributed by atoms with Crippen molar-refractivity contribution in [3.8, 4) is 0 Å². The second-order valence-corrected chi connectivity index (χ2v) is 2.46. The first-order valence-electron chi connectivity index (χ1n) is 3.28. The number of nitrogens with one attached hydrogen (secondary N) is 1. The highest BCUT2D eigenvalue weighted by Gasteiger charge is 1.79. The highest BCUT2D eigenvalue weighted by atomic mass is 32.1. The van der Waals surface area contributed by atoms with Gasteiger partial charge in [0.25, 0.3) is 0 Å². The van der Waals surface area contributed by atoms with Crippen molar-refractivity contribution in [2.24, 2.45) is 0 Å². The van der Waals surface area contributed by atoms with E-state index in [1.165, 1.54) is 11.1 Å². The van der Waals surface area contributed by atoms with Crippen molar-refractivity contribution in [3.05, 3.63) is 35.4 Å². The van der Waals surface area contributed by atoms with Crippen LogP contribution < -0.4 is 0 Å². The summed E-state index contributed by atoms with van der Waals surface area (Å²) in [5.74, 6) is 0. The van der Waals surface area contributed by atoms with Gasteiger partial charge in [-0.2, -0.15) is 0 Å². The molecule has 0 saturated heterocycles. The highest BCUT2D eigenvalue weighted by Crippen LogP contribution is 1.99. The molecular formula is C9H11NS. The number of isothiocyanates is 1. The molecule has 1 aromatic rings. The Morgan fingerprint density at radius 2 is 1.27 bits per heavy atom. The average molecular weight is 165 g/mol. The van der Waals surface area contributed by atoms with Crippen LogP contribution in [0.15, 0.2) is 24.3 Å². The Kier molecular flexibility index (Phi) is 5.26. The van der Waals surface area contributed by atoms with Crippen LogP contribution in [0, 0.1) is 19.3 Å². The van der Waals surface area contributed by atoms with Gasteiger partial charge in [0.2, 0.25) is 0 Å². The fourth-order valence-corrected chi connectivity index (χ4v) is 0.637. The Bertz CT molecular complexity index is 211. The predicted octanol–water partition coefficient (Wildman–Crippen LogP) is 2.97. The maximum atomic E-state index is 5.77. The summed E-state index contributed by atoms with van der Waals surface area (Å²) in [6.07, 6.45) is 0. The van der Waals surface area contributed by atoms with Crippen LogP contribution in [0.3, 0.4) is 0 Å². The van der Waals surface area contributed by atoms with E-state index in [2.05, 4.69) is 50.3 Å². The molecule has 1 aromatic carbocycles. The molecule has 0 atom stereocenters. The van der Waals surface area contributed by atoms with Gasteiger partial charge < -0.3 is 0 Å². The lowest BCUT2D eigenvalue weighted by Crippen LogP contribution is -1.70. The fourth-order valence-electron chi connectivity index (χ4n) is 0.637. The molecule has 0 radical (unpaired) electrons. The van der Waals surface area contributed by atoms with Gasteiger partial charge in [-0.3, -0.25) is 0 Å². The minimum Gasteiger partial charge on any atom is -0.248 e. The number of benzene rings is 1. The van der Waals surface area contributed by atoms with E-state index in [0.717, 1.165) is 0 Å². The molecule has 0 aromatic heterocycles. The Hall–Kier alpha value is -0.980. The van der Waals surface area contributed by atoms with Gasteiger partial charge in [-0.15, -0.1) is 0 Å². The third-order valence-corrected chi connectivity index (χ3v) is 1.22. The maximum absolute atomic E-state index is 5.77. The Morgan fingerprint density at radius 3 is 1.45 bits per heavy atom. The molecule has 0 heterocycles. The molecule has 1 nitrogen and oxygen atoms in total. The molecule has 0 bridgehead atoms. The van der Waals surface area contributed by atoms with Gasteiger partial charge in [-0.25, -0.2) is 5.41 Å². The molecule has 0 aliphatic heterocycles. The van der Waals surface area contributed by atoms with Crippen LogP contribution in [-0.4, -0.2) is 5.16 Å². The quantitative estimate of drug-likeness (QED) is 0.463. The van der Waals surface area contributed by atoms with E-state index in [1.54, 1.807) is 5.16 Å². The van der Waals surface area contributed by atoms with Crippen LogP contribution in [0.1, 0.15) is 11.1 Å². The SMILES string of the molecule is Cc1ccc(C)cc1.N=C=S. The van der Waals surface area contributed by atoms with E-state index in [9.17, 15) is 0 Å². The molecule has 1 rings (SSSR count). The van der Waals surface area contributed by atoms with Gasteiger partial charge in [0.05, 0.1) is 5.16 Å². The normalized spacial score (nSPS) is 7.45. The van der Waals surface area contributed by atoms with Gasteiger partial charge in [-0.1, -0.05) is 35.4 Å². The van der Waals surface area contributed by atoms with Gasteiger partial charge in [0, 0.05) is 0 Å². The monoisotopic (exact) mass is 165 g/mol. The predicted molar refractivity (Wildman–Crippen MR) is 51.2 cm³/mol. The van der Waals surface area contributed by atoms with Gasteiger partial charge in [-0.05, 0) is 26.1 Å². The third kappa shape index (κ3) is 5.46. The molecule has 1 N–H and O–H groups in total. The third-order valence-electron chi connectivity index (χ3n) is 1.22. The van der Waals surface area contributed by atoms with Gasteiger partial charge >= 0.3 is 0 Å². The van der Waals surface area contributed by atoms with Crippen LogP contribution in [-0.2, 0) is 0 Å². The molecule has 58 valence electrons. The zero-order valence-electron chi connectivity index (χ0n) is 6.72. The minimum atomic E-state index is 1.33. The zero-order chi connectivity index (χ0) is 8.69. The summed E-state index contributed by atoms with van der Waals surface area (Å²) in [6, 6.07) is 8.48. The van der Waals surface area contributed by atoms with E-state index < -0.39 is 0 Å². The summed E-state index contributed by atoms with van der Waals surface area (Å²) >= 11 is 3.81. The molecular weight excluding hydrogens is 154 g/mol.